The maximum Gasteiger partial charge on any atom is 0.240 e. The molecule has 0 bridgehead atoms. The second-order valence-corrected chi connectivity index (χ2v) is 4.67. The number of aryl methyl sites for hydroxylation is 2. The van der Waals surface area contributed by atoms with Crippen LogP contribution in [0.5, 0.6) is 0 Å². The van der Waals surface area contributed by atoms with Crippen molar-refractivity contribution in [3.63, 3.8) is 0 Å². The van der Waals surface area contributed by atoms with Gasteiger partial charge in [-0.15, -0.1) is 0 Å². The minimum absolute atomic E-state index is 0.354. The first-order chi connectivity index (χ1) is 8.72. The molecule has 5 nitrogen and oxygen atoms in total. The number of nitrogen functional groups attached to an aromatic ring is 1. The maximum absolute atomic E-state index is 5.79. The zero-order valence-corrected chi connectivity index (χ0v) is 10.3. The van der Waals surface area contributed by atoms with Gasteiger partial charge >= 0.3 is 0 Å². The van der Waals surface area contributed by atoms with Crippen LogP contribution in [0.25, 0.3) is 0 Å². The maximum atomic E-state index is 5.79. The molecule has 0 radical (unpaired) electrons. The lowest BCUT2D eigenvalue weighted by molar-refractivity contribution is 0.354. The van der Waals surface area contributed by atoms with Crippen LogP contribution in [0.1, 0.15) is 35.3 Å². The van der Waals surface area contributed by atoms with Crippen molar-refractivity contribution in [2.75, 3.05) is 5.73 Å². The lowest BCUT2D eigenvalue weighted by atomic mass is 10.1. The summed E-state index contributed by atoms with van der Waals surface area (Å²) in [6.45, 7) is 2.43. The summed E-state index contributed by atoms with van der Waals surface area (Å²) < 4.78 is 5.09. The molecular weight excluding hydrogens is 228 g/mol. The van der Waals surface area contributed by atoms with E-state index >= 15 is 0 Å². The summed E-state index contributed by atoms with van der Waals surface area (Å²) in [5.74, 6) is 1.31. The van der Waals surface area contributed by atoms with E-state index in [1.54, 1.807) is 0 Å². The van der Waals surface area contributed by atoms with Gasteiger partial charge in [0.2, 0.25) is 5.89 Å². The van der Waals surface area contributed by atoms with Crippen LogP contribution in [0.4, 0.5) is 5.69 Å². The van der Waals surface area contributed by atoms with Gasteiger partial charge in [0, 0.05) is 11.7 Å². The van der Waals surface area contributed by atoms with E-state index in [-0.39, 0.29) is 0 Å². The van der Waals surface area contributed by atoms with Crippen molar-refractivity contribution < 1.29 is 4.52 Å². The summed E-state index contributed by atoms with van der Waals surface area (Å²) in [7, 11) is 0. The Morgan fingerprint density at radius 1 is 1.50 bits per heavy atom. The Labute approximate surface area is 105 Å². The zero-order valence-electron chi connectivity index (χ0n) is 10.3. The van der Waals surface area contributed by atoms with Crippen LogP contribution in [0.3, 0.4) is 0 Å². The van der Waals surface area contributed by atoms with Crippen molar-refractivity contribution >= 4 is 5.69 Å². The molecule has 1 aromatic carbocycles. The highest BCUT2D eigenvalue weighted by molar-refractivity contribution is 5.47. The van der Waals surface area contributed by atoms with Crippen molar-refractivity contribution in [2.24, 2.45) is 0 Å². The third-order valence-corrected chi connectivity index (χ3v) is 3.31. The average molecular weight is 244 g/mol. The highest BCUT2D eigenvalue weighted by atomic mass is 16.5. The minimum Gasteiger partial charge on any atom is -0.399 e. The molecule has 5 heteroatoms. The van der Waals surface area contributed by atoms with Crippen molar-refractivity contribution in [3.05, 3.63) is 41.0 Å². The Hall–Kier alpha value is -1.88. The quantitative estimate of drug-likeness (QED) is 0.804. The predicted octanol–water partition coefficient (Wildman–Crippen LogP) is 1.74. The molecule has 0 saturated carbocycles. The normalized spacial score (nSPS) is 17.9. The number of hydrogen-bond acceptors (Lipinski definition) is 5. The number of nitrogens with one attached hydrogen (secondary N) is 1. The third-order valence-electron chi connectivity index (χ3n) is 3.31. The molecule has 94 valence electrons. The number of anilines is 1. The van der Waals surface area contributed by atoms with E-state index in [0.29, 0.717) is 24.3 Å². The first-order valence-corrected chi connectivity index (χ1v) is 6.13. The number of hydrogen-bond donors (Lipinski definition) is 2. The van der Waals surface area contributed by atoms with Crippen molar-refractivity contribution in [3.8, 4) is 0 Å². The molecule has 1 heterocycles. The van der Waals surface area contributed by atoms with E-state index in [9.17, 15) is 0 Å². The van der Waals surface area contributed by atoms with Crippen LogP contribution in [0.2, 0.25) is 0 Å². The van der Waals surface area contributed by atoms with Crippen molar-refractivity contribution in [1.29, 1.82) is 0 Å². The average Bonchev–Trinajstić information content (AvgIpc) is 2.92. The monoisotopic (exact) mass is 244 g/mol. The Bertz CT molecular complexity index is 564. The third kappa shape index (κ3) is 2.09. The number of aromatic nitrogens is 2. The summed E-state index contributed by atoms with van der Waals surface area (Å²) in [4.78, 5) is 4.18. The molecule has 2 aromatic rings. The molecule has 3 N–H and O–H groups in total. The number of nitrogens with zero attached hydrogens (tertiary/aromatic N) is 2. The van der Waals surface area contributed by atoms with Crippen LogP contribution < -0.4 is 11.1 Å². The van der Waals surface area contributed by atoms with E-state index in [0.717, 1.165) is 18.5 Å². The van der Waals surface area contributed by atoms with Gasteiger partial charge in [0.05, 0.1) is 6.54 Å². The van der Waals surface area contributed by atoms with E-state index in [2.05, 4.69) is 27.6 Å². The van der Waals surface area contributed by atoms with E-state index < -0.39 is 0 Å². The summed E-state index contributed by atoms with van der Waals surface area (Å²) in [5.41, 5.74) is 9.30. The molecule has 0 saturated heterocycles. The fourth-order valence-corrected chi connectivity index (χ4v) is 2.47. The molecule has 1 aliphatic rings. The van der Waals surface area contributed by atoms with Crippen molar-refractivity contribution in [1.82, 2.24) is 15.5 Å². The molecule has 0 amide bonds. The molecule has 0 spiro atoms. The number of rotatable bonds is 3. The molecule has 0 aliphatic heterocycles. The van der Waals surface area contributed by atoms with Gasteiger partial charge < -0.3 is 15.6 Å². The van der Waals surface area contributed by atoms with E-state index in [1.165, 1.54) is 11.1 Å². The van der Waals surface area contributed by atoms with Crippen molar-refractivity contribution in [2.45, 2.75) is 32.4 Å². The fraction of sp³-hybridized carbons (Fsp3) is 0.385. The molecule has 1 aromatic heterocycles. The molecule has 1 aliphatic carbocycles. The minimum atomic E-state index is 0.354. The Morgan fingerprint density at radius 3 is 3.17 bits per heavy atom. The van der Waals surface area contributed by atoms with Gasteiger partial charge in [0.25, 0.3) is 0 Å². The van der Waals surface area contributed by atoms with Gasteiger partial charge in [-0.1, -0.05) is 11.2 Å². The second kappa shape index (κ2) is 4.42. The smallest absolute Gasteiger partial charge is 0.240 e. The standard InChI is InChI=1S/C13H16N4O/c1-8-16-13(18-17-8)7-15-12-5-2-9-6-10(14)3-4-11(9)12/h3-4,6,12,15H,2,5,7,14H2,1H3. The molecule has 18 heavy (non-hydrogen) atoms. The largest absolute Gasteiger partial charge is 0.399 e. The van der Waals surface area contributed by atoms with Gasteiger partial charge in [0.15, 0.2) is 5.82 Å². The van der Waals surface area contributed by atoms with Gasteiger partial charge in [-0.05, 0) is 43.0 Å². The van der Waals surface area contributed by atoms with Crippen LogP contribution in [-0.2, 0) is 13.0 Å². The molecule has 0 fully saturated rings. The topological polar surface area (TPSA) is 77.0 Å². The fourth-order valence-electron chi connectivity index (χ4n) is 2.47. The van der Waals surface area contributed by atoms with Gasteiger partial charge in [0.1, 0.15) is 0 Å². The zero-order chi connectivity index (χ0) is 12.5. The van der Waals surface area contributed by atoms with E-state index in [1.807, 2.05) is 13.0 Å². The van der Waals surface area contributed by atoms with Crippen LogP contribution in [0.15, 0.2) is 22.7 Å². The first-order valence-electron chi connectivity index (χ1n) is 6.13. The van der Waals surface area contributed by atoms with Crippen LogP contribution in [0, 0.1) is 6.92 Å². The number of benzene rings is 1. The highest BCUT2D eigenvalue weighted by Crippen LogP contribution is 2.32. The Kier molecular flexibility index (Phi) is 2.76. The lowest BCUT2D eigenvalue weighted by Crippen LogP contribution is -2.18. The number of fused-ring (bicyclic) bond motifs is 1. The summed E-state index contributed by atoms with van der Waals surface area (Å²) in [6.07, 6.45) is 2.16. The molecule has 1 atom stereocenters. The molecule has 1 unspecified atom stereocenters. The summed E-state index contributed by atoms with van der Waals surface area (Å²) in [5, 5.41) is 7.22. The number of nitrogens with two attached hydrogens (primary N) is 1. The van der Waals surface area contributed by atoms with Gasteiger partial charge in [-0.25, -0.2) is 0 Å². The Morgan fingerprint density at radius 2 is 2.39 bits per heavy atom. The lowest BCUT2D eigenvalue weighted by Gasteiger charge is -2.12. The van der Waals surface area contributed by atoms with Gasteiger partial charge in [-0.2, -0.15) is 4.98 Å². The van der Waals surface area contributed by atoms with Crippen LogP contribution >= 0.6 is 0 Å². The summed E-state index contributed by atoms with van der Waals surface area (Å²) in [6, 6.07) is 6.48. The Balaban J connectivity index is 1.69. The second-order valence-electron chi connectivity index (χ2n) is 4.67. The first kappa shape index (κ1) is 11.2. The predicted molar refractivity (Wildman–Crippen MR) is 67.8 cm³/mol. The molecular formula is C13H16N4O. The highest BCUT2D eigenvalue weighted by Gasteiger charge is 2.22. The van der Waals surface area contributed by atoms with E-state index in [4.69, 9.17) is 10.3 Å². The molecule has 3 rings (SSSR count). The van der Waals surface area contributed by atoms with Gasteiger partial charge in [-0.3, -0.25) is 0 Å². The summed E-state index contributed by atoms with van der Waals surface area (Å²) >= 11 is 0. The SMILES string of the molecule is Cc1noc(CNC2CCc3cc(N)ccc32)n1. The van der Waals surface area contributed by atoms with Crippen LogP contribution in [-0.4, -0.2) is 10.1 Å².